The molecule has 0 unspecified atom stereocenters. The second kappa shape index (κ2) is 11.0. The minimum atomic E-state index is -0.628. The average molecular weight is 498 g/mol. The quantitative estimate of drug-likeness (QED) is 0.237. The van der Waals surface area contributed by atoms with Crippen molar-refractivity contribution in [1.82, 2.24) is 0 Å². The van der Waals surface area contributed by atoms with Gasteiger partial charge in [-0.25, -0.2) is 4.79 Å². The summed E-state index contributed by atoms with van der Waals surface area (Å²) >= 11 is 0. The Morgan fingerprint density at radius 3 is 2.35 bits per heavy atom. The second-order valence-corrected chi connectivity index (χ2v) is 8.44. The molecule has 3 aromatic carbocycles. The van der Waals surface area contributed by atoms with Crippen molar-refractivity contribution in [2.45, 2.75) is 20.5 Å². The lowest BCUT2D eigenvalue weighted by Crippen LogP contribution is -2.24. The van der Waals surface area contributed by atoms with E-state index in [1.165, 1.54) is 26.0 Å². The van der Waals surface area contributed by atoms with Crippen LogP contribution < -0.4 is 14.4 Å². The molecule has 7 heteroatoms. The number of carbonyl (C=O) groups excluding carboxylic acids is 3. The van der Waals surface area contributed by atoms with Crippen LogP contribution in [0.1, 0.15) is 35.3 Å². The zero-order valence-corrected chi connectivity index (χ0v) is 21.1. The minimum Gasteiger partial charge on any atom is -0.493 e. The van der Waals surface area contributed by atoms with E-state index in [9.17, 15) is 14.4 Å². The van der Waals surface area contributed by atoms with Crippen LogP contribution in [0.3, 0.4) is 0 Å². The first-order valence-corrected chi connectivity index (χ1v) is 11.7. The van der Waals surface area contributed by atoms with Crippen molar-refractivity contribution in [2.75, 3.05) is 19.1 Å². The molecule has 0 bridgehead atoms. The summed E-state index contributed by atoms with van der Waals surface area (Å²) in [7, 11) is 2.81. The fourth-order valence-electron chi connectivity index (χ4n) is 4.15. The summed E-state index contributed by atoms with van der Waals surface area (Å²) in [5.74, 6) is -0.115. The zero-order chi connectivity index (χ0) is 26.5. The molecule has 0 saturated heterocycles. The summed E-state index contributed by atoms with van der Waals surface area (Å²) in [6, 6.07) is 21.8. The predicted octanol–water partition coefficient (Wildman–Crippen LogP) is 5.35. The molecule has 1 aliphatic heterocycles. The van der Waals surface area contributed by atoms with Gasteiger partial charge < -0.3 is 14.2 Å². The van der Waals surface area contributed by atoms with E-state index in [0.29, 0.717) is 40.6 Å². The van der Waals surface area contributed by atoms with Crippen molar-refractivity contribution in [1.29, 1.82) is 0 Å². The molecule has 0 spiro atoms. The molecule has 0 atom stereocenters. The smallest absolute Gasteiger partial charge is 0.340 e. The van der Waals surface area contributed by atoms with Crippen LogP contribution in [-0.2, 0) is 20.9 Å². The van der Waals surface area contributed by atoms with E-state index in [0.717, 1.165) is 5.56 Å². The number of hydrogen-bond acceptors (Lipinski definition) is 6. The average Bonchev–Trinajstić information content (AvgIpc) is 3.16. The fraction of sp³-hybridized carbons (Fsp3) is 0.167. The molecule has 0 aliphatic carbocycles. The van der Waals surface area contributed by atoms with E-state index in [2.05, 4.69) is 0 Å². The molecular formula is C30H27NO6. The molecule has 1 heterocycles. The number of anilines is 1. The number of Topliss-reactive ketones (excluding diaryl/α,β-unsaturated/α-hetero) is 1. The Balaban J connectivity index is 1.70. The number of esters is 1. The van der Waals surface area contributed by atoms with Gasteiger partial charge in [0.1, 0.15) is 6.61 Å². The molecule has 0 N–H and O–H groups in total. The molecule has 1 aliphatic rings. The highest BCUT2D eigenvalue weighted by Crippen LogP contribution is 2.37. The summed E-state index contributed by atoms with van der Waals surface area (Å²) in [5, 5.41) is 0. The predicted molar refractivity (Wildman–Crippen MR) is 140 cm³/mol. The van der Waals surface area contributed by atoms with Gasteiger partial charge in [0.15, 0.2) is 17.3 Å². The molecule has 0 aromatic heterocycles. The van der Waals surface area contributed by atoms with Crippen molar-refractivity contribution >= 4 is 29.4 Å². The number of methoxy groups -OCH3 is 2. The highest BCUT2D eigenvalue weighted by Gasteiger charge is 2.38. The van der Waals surface area contributed by atoms with Crippen molar-refractivity contribution in [2.24, 2.45) is 0 Å². The number of nitrogens with zero attached hydrogens (tertiary/aromatic N) is 1. The number of ketones is 1. The van der Waals surface area contributed by atoms with Crippen molar-refractivity contribution < 1.29 is 28.6 Å². The maximum absolute atomic E-state index is 13.6. The Hall–Kier alpha value is -4.65. The molecule has 0 fully saturated rings. The Bertz CT molecular complexity index is 1420. The Morgan fingerprint density at radius 1 is 0.919 bits per heavy atom. The molecule has 4 rings (SSSR count). The maximum Gasteiger partial charge on any atom is 0.340 e. The van der Waals surface area contributed by atoms with Gasteiger partial charge in [0.2, 0.25) is 0 Å². The molecule has 7 nitrogen and oxygen atoms in total. The third-order valence-electron chi connectivity index (χ3n) is 6.04. The molecule has 188 valence electrons. The lowest BCUT2D eigenvalue weighted by Gasteiger charge is -2.18. The van der Waals surface area contributed by atoms with E-state index < -0.39 is 11.9 Å². The fourth-order valence-corrected chi connectivity index (χ4v) is 4.15. The van der Waals surface area contributed by atoms with E-state index >= 15 is 0 Å². The summed E-state index contributed by atoms with van der Waals surface area (Å²) in [5.41, 5.74) is 3.36. The van der Waals surface area contributed by atoms with Crippen LogP contribution in [0.2, 0.25) is 0 Å². The van der Waals surface area contributed by atoms with E-state index in [1.54, 1.807) is 55.5 Å². The summed E-state index contributed by atoms with van der Waals surface area (Å²) < 4.78 is 16.4. The Labute approximate surface area is 215 Å². The molecule has 0 radical (unpaired) electrons. The highest BCUT2D eigenvalue weighted by atomic mass is 16.5. The van der Waals surface area contributed by atoms with Gasteiger partial charge >= 0.3 is 5.97 Å². The first kappa shape index (κ1) is 25.4. The van der Waals surface area contributed by atoms with Crippen LogP contribution in [0.15, 0.2) is 89.6 Å². The number of rotatable bonds is 8. The van der Waals surface area contributed by atoms with Crippen LogP contribution >= 0.6 is 0 Å². The third-order valence-corrected chi connectivity index (χ3v) is 6.04. The van der Waals surface area contributed by atoms with Crippen molar-refractivity contribution in [3.63, 3.8) is 0 Å². The number of benzene rings is 3. The molecule has 1 amide bonds. The number of allylic oxidation sites excluding steroid dienone is 1. The first-order chi connectivity index (χ1) is 17.8. The van der Waals surface area contributed by atoms with Crippen LogP contribution in [0.5, 0.6) is 11.5 Å². The highest BCUT2D eigenvalue weighted by molar-refractivity contribution is 6.24. The number of amides is 1. The van der Waals surface area contributed by atoms with Gasteiger partial charge in [-0.05, 0) is 55.3 Å². The Morgan fingerprint density at radius 2 is 1.68 bits per heavy atom. The van der Waals surface area contributed by atoms with E-state index in [4.69, 9.17) is 14.2 Å². The van der Waals surface area contributed by atoms with Gasteiger partial charge in [0, 0.05) is 16.9 Å². The zero-order valence-electron chi connectivity index (χ0n) is 21.1. The van der Waals surface area contributed by atoms with Crippen LogP contribution in [0, 0.1) is 0 Å². The largest absolute Gasteiger partial charge is 0.493 e. The monoisotopic (exact) mass is 497 g/mol. The lowest BCUT2D eigenvalue weighted by molar-refractivity contribution is -0.136. The standard InChI is InChI=1S/C30H27NO6/c1-19-28(30(34)36-4)25(29(33)31(19)24-12-8-11-23(17-24)20(2)32)15-22-13-14-26(27(16-22)35-3)37-18-21-9-6-5-7-10-21/h5-17H,18H2,1-4H3/b25-15-. The normalized spacial score (nSPS) is 14.2. The van der Waals surface area contributed by atoms with Crippen LogP contribution in [0.4, 0.5) is 5.69 Å². The van der Waals surface area contributed by atoms with Crippen molar-refractivity contribution in [3.05, 3.63) is 106 Å². The van der Waals surface area contributed by atoms with E-state index in [1.807, 2.05) is 30.3 Å². The SMILES string of the molecule is COC(=O)C1=C(C)N(c2cccc(C(C)=O)c2)C(=O)/C1=C\c1ccc(OCc2ccccc2)c(OC)c1. The molecule has 3 aromatic rings. The summed E-state index contributed by atoms with van der Waals surface area (Å²) in [4.78, 5) is 39.6. The summed E-state index contributed by atoms with van der Waals surface area (Å²) in [6.07, 6.45) is 1.62. The third kappa shape index (κ3) is 5.30. The van der Waals surface area contributed by atoms with Crippen LogP contribution in [0.25, 0.3) is 6.08 Å². The minimum absolute atomic E-state index is 0.124. The molecule has 37 heavy (non-hydrogen) atoms. The number of hydrogen-bond donors (Lipinski definition) is 0. The van der Waals surface area contributed by atoms with Gasteiger partial charge in [-0.3, -0.25) is 14.5 Å². The van der Waals surface area contributed by atoms with Gasteiger partial charge in [-0.2, -0.15) is 0 Å². The molecular weight excluding hydrogens is 470 g/mol. The van der Waals surface area contributed by atoms with Gasteiger partial charge in [-0.1, -0.05) is 48.5 Å². The lowest BCUT2D eigenvalue weighted by atomic mass is 10.0. The van der Waals surface area contributed by atoms with Crippen LogP contribution in [-0.4, -0.2) is 31.9 Å². The Kier molecular flexibility index (Phi) is 7.53. The van der Waals surface area contributed by atoms with E-state index in [-0.39, 0.29) is 16.9 Å². The summed E-state index contributed by atoms with van der Waals surface area (Å²) in [6.45, 7) is 3.50. The number of carbonyl (C=O) groups is 3. The van der Waals surface area contributed by atoms with Gasteiger partial charge in [0.05, 0.1) is 25.4 Å². The maximum atomic E-state index is 13.6. The van der Waals surface area contributed by atoms with Gasteiger partial charge in [0.25, 0.3) is 5.91 Å². The first-order valence-electron chi connectivity index (χ1n) is 11.7. The molecule has 0 saturated carbocycles. The van der Waals surface area contributed by atoms with Crippen molar-refractivity contribution in [3.8, 4) is 11.5 Å². The number of ether oxygens (including phenoxy) is 3. The van der Waals surface area contributed by atoms with Gasteiger partial charge in [-0.15, -0.1) is 0 Å². The second-order valence-electron chi connectivity index (χ2n) is 8.44. The topological polar surface area (TPSA) is 82.1 Å².